The quantitative estimate of drug-likeness (QED) is 0.0937. The number of nitrogens with one attached hydrogen (secondary N) is 4. The summed E-state index contributed by atoms with van der Waals surface area (Å²) in [6.07, 6.45) is 3.64. The van der Waals surface area contributed by atoms with Gasteiger partial charge in [-0.25, -0.2) is 19.6 Å². The Labute approximate surface area is 319 Å². The normalized spacial score (nSPS) is 10.8. The third kappa shape index (κ3) is 7.94. The molecular formula is C42H36N8O6. The number of aryl methyl sites for hydroxylation is 2. The first-order chi connectivity index (χ1) is 27.1. The molecule has 5 N–H and O–H groups in total. The number of carboxylic acid groups (broad SMARTS) is 1. The zero-order valence-corrected chi connectivity index (χ0v) is 30.5. The number of anilines is 2. The molecule has 8 rings (SSSR count). The number of aromatic amines is 2. The van der Waals surface area contributed by atoms with Crippen molar-refractivity contribution >= 4 is 57.2 Å². The molecule has 14 nitrogen and oxygen atoms in total. The molecule has 280 valence electrons. The molecule has 56 heavy (non-hydrogen) atoms. The molecule has 0 saturated heterocycles. The number of benzene rings is 4. The van der Waals surface area contributed by atoms with Gasteiger partial charge in [0.05, 0.1) is 39.8 Å². The van der Waals surface area contributed by atoms with Crippen LogP contribution in [-0.2, 0) is 18.8 Å². The smallest absolute Gasteiger partial charge is 0.338 e. The SMILES string of the molecule is CCOC(=O)c1ccc2nc(-c3ccc(NC(=O)c4cccn4C)cc3)[nH]c2c1.Cn1cccc1C(=O)Nc1ccc(-c2nc3ccc(C(=O)O)cc3[nH]2)cc1. The van der Waals surface area contributed by atoms with E-state index in [9.17, 15) is 19.2 Å². The average molecular weight is 749 g/mol. The molecule has 0 aliphatic heterocycles. The fraction of sp³-hybridized carbons (Fsp3) is 0.0952. The topological polar surface area (TPSA) is 189 Å². The molecule has 0 unspecified atom stereocenters. The van der Waals surface area contributed by atoms with Crippen LogP contribution in [0, 0.1) is 0 Å². The number of nitrogens with zero attached hydrogens (tertiary/aromatic N) is 4. The van der Waals surface area contributed by atoms with Gasteiger partial charge in [-0.1, -0.05) is 0 Å². The zero-order chi connectivity index (χ0) is 39.3. The minimum Gasteiger partial charge on any atom is -0.478 e. The summed E-state index contributed by atoms with van der Waals surface area (Å²) in [7, 11) is 3.64. The first-order valence-electron chi connectivity index (χ1n) is 17.5. The molecule has 0 spiro atoms. The molecule has 8 aromatic rings. The predicted octanol–water partition coefficient (Wildman–Crippen LogP) is 7.52. The minimum atomic E-state index is -0.980. The fourth-order valence-corrected chi connectivity index (χ4v) is 5.97. The maximum absolute atomic E-state index is 12.3. The van der Waals surface area contributed by atoms with E-state index in [2.05, 4.69) is 30.6 Å². The molecule has 4 aromatic carbocycles. The van der Waals surface area contributed by atoms with Crippen molar-refractivity contribution in [1.29, 1.82) is 0 Å². The lowest BCUT2D eigenvalue weighted by Crippen LogP contribution is -2.15. The predicted molar refractivity (Wildman–Crippen MR) is 213 cm³/mol. The van der Waals surface area contributed by atoms with Gasteiger partial charge in [0, 0.05) is 49.0 Å². The monoisotopic (exact) mass is 748 g/mol. The van der Waals surface area contributed by atoms with Gasteiger partial charge in [-0.15, -0.1) is 0 Å². The third-order valence-corrected chi connectivity index (χ3v) is 8.91. The summed E-state index contributed by atoms with van der Waals surface area (Å²) in [6, 6.07) is 31.8. The highest BCUT2D eigenvalue weighted by Crippen LogP contribution is 2.25. The van der Waals surface area contributed by atoms with Crippen LogP contribution in [0.15, 0.2) is 122 Å². The molecule has 2 amide bonds. The van der Waals surface area contributed by atoms with Crippen LogP contribution < -0.4 is 10.6 Å². The van der Waals surface area contributed by atoms with Crippen molar-refractivity contribution in [3.63, 3.8) is 0 Å². The zero-order valence-electron chi connectivity index (χ0n) is 30.5. The van der Waals surface area contributed by atoms with Gasteiger partial charge in [-0.3, -0.25) is 9.59 Å². The second-order valence-electron chi connectivity index (χ2n) is 12.7. The van der Waals surface area contributed by atoms with Crippen molar-refractivity contribution in [1.82, 2.24) is 29.1 Å². The number of fused-ring (bicyclic) bond motifs is 2. The summed E-state index contributed by atoms with van der Waals surface area (Å²) in [5.74, 6) is -0.370. The molecular weight excluding hydrogens is 713 g/mol. The number of rotatable bonds is 9. The summed E-state index contributed by atoms with van der Waals surface area (Å²) in [5, 5.41) is 14.8. The van der Waals surface area contributed by atoms with Gasteiger partial charge in [-0.05, 0) is 116 Å². The van der Waals surface area contributed by atoms with E-state index in [1.165, 1.54) is 6.07 Å². The maximum atomic E-state index is 12.3. The van der Waals surface area contributed by atoms with Crippen LogP contribution in [0.4, 0.5) is 11.4 Å². The van der Waals surface area contributed by atoms with Crippen molar-refractivity contribution in [2.75, 3.05) is 17.2 Å². The standard InChI is InChI=1S/C22H20N4O3.C20H16N4O3/c1-3-29-22(28)15-8-11-17-18(13-15)25-20(24-17)14-6-9-16(10-7-14)23-21(27)19-5-4-12-26(19)2;1-24-10-2-3-17(24)19(25)21-14-7-4-12(5-8-14)18-22-15-9-6-13(20(26)27)11-16(15)23-18/h4-13H,3H2,1-2H3,(H,23,27)(H,24,25);2-11H,1H3,(H,21,25)(H,22,23)(H,26,27). The fourth-order valence-electron chi connectivity index (χ4n) is 5.97. The molecule has 0 bridgehead atoms. The van der Waals surface area contributed by atoms with Crippen LogP contribution in [0.5, 0.6) is 0 Å². The lowest BCUT2D eigenvalue weighted by atomic mass is 10.2. The molecule has 0 aliphatic rings. The van der Waals surface area contributed by atoms with Crippen LogP contribution in [0.1, 0.15) is 48.6 Å². The number of amides is 2. The van der Waals surface area contributed by atoms with Crippen LogP contribution in [0.2, 0.25) is 0 Å². The molecule has 0 fully saturated rings. The van der Waals surface area contributed by atoms with Crippen LogP contribution in [-0.4, -0.2) is 64.5 Å². The summed E-state index contributed by atoms with van der Waals surface area (Å²) in [5.41, 5.74) is 7.78. The summed E-state index contributed by atoms with van der Waals surface area (Å²) >= 11 is 0. The number of esters is 1. The second kappa shape index (κ2) is 15.7. The number of carbonyl (C=O) groups is 4. The molecule has 0 aliphatic carbocycles. The number of imidazole rings is 2. The number of aromatic nitrogens is 6. The lowest BCUT2D eigenvalue weighted by Gasteiger charge is -2.06. The van der Waals surface area contributed by atoms with Crippen LogP contribution in [0.3, 0.4) is 0 Å². The maximum Gasteiger partial charge on any atom is 0.338 e. The van der Waals surface area contributed by atoms with Crippen molar-refractivity contribution < 1.29 is 29.0 Å². The number of ether oxygens (including phenoxy) is 1. The first-order valence-corrected chi connectivity index (χ1v) is 17.5. The Morgan fingerprint density at radius 2 is 1.09 bits per heavy atom. The molecule has 0 atom stereocenters. The van der Waals surface area contributed by atoms with E-state index in [-0.39, 0.29) is 23.3 Å². The van der Waals surface area contributed by atoms with Crippen molar-refractivity contribution in [2.45, 2.75) is 6.92 Å². The highest BCUT2D eigenvalue weighted by Gasteiger charge is 2.14. The largest absolute Gasteiger partial charge is 0.478 e. The van der Waals surface area contributed by atoms with Gasteiger partial charge in [0.15, 0.2) is 0 Å². The summed E-state index contributed by atoms with van der Waals surface area (Å²) in [4.78, 5) is 63.0. The molecule has 4 aromatic heterocycles. The molecule has 14 heteroatoms. The summed E-state index contributed by atoms with van der Waals surface area (Å²) in [6.45, 7) is 2.11. The van der Waals surface area contributed by atoms with Gasteiger partial charge < -0.3 is 39.6 Å². The number of aromatic carboxylic acids is 1. The van der Waals surface area contributed by atoms with E-state index in [0.29, 0.717) is 57.6 Å². The van der Waals surface area contributed by atoms with Crippen molar-refractivity contribution in [2.24, 2.45) is 14.1 Å². The Kier molecular flexibility index (Phi) is 10.3. The van der Waals surface area contributed by atoms with E-state index in [4.69, 9.17) is 9.84 Å². The van der Waals surface area contributed by atoms with E-state index in [1.807, 2.05) is 75.0 Å². The summed E-state index contributed by atoms with van der Waals surface area (Å²) < 4.78 is 8.56. The number of carbonyl (C=O) groups excluding carboxylic acids is 3. The van der Waals surface area contributed by atoms with Gasteiger partial charge in [-0.2, -0.15) is 0 Å². The van der Waals surface area contributed by atoms with E-state index in [0.717, 1.165) is 22.2 Å². The molecule has 4 heterocycles. The van der Waals surface area contributed by atoms with Crippen molar-refractivity contribution in [3.05, 3.63) is 144 Å². The second-order valence-corrected chi connectivity index (χ2v) is 12.7. The van der Waals surface area contributed by atoms with Crippen LogP contribution >= 0.6 is 0 Å². The molecule has 0 saturated carbocycles. The average Bonchev–Trinajstić information content (AvgIpc) is 4.01. The molecule has 0 radical (unpaired) electrons. The number of hydrogen-bond donors (Lipinski definition) is 5. The first kappa shape index (κ1) is 36.6. The Morgan fingerprint density at radius 1 is 0.643 bits per heavy atom. The Bertz CT molecular complexity index is 2720. The van der Waals surface area contributed by atoms with E-state index >= 15 is 0 Å². The lowest BCUT2D eigenvalue weighted by molar-refractivity contribution is 0.0525. The minimum absolute atomic E-state index is 0.166. The van der Waals surface area contributed by atoms with E-state index < -0.39 is 5.97 Å². The van der Waals surface area contributed by atoms with E-state index in [1.54, 1.807) is 70.7 Å². The van der Waals surface area contributed by atoms with Crippen LogP contribution in [0.25, 0.3) is 44.8 Å². The highest BCUT2D eigenvalue weighted by molar-refractivity contribution is 6.04. The number of H-pyrrole nitrogens is 2. The van der Waals surface area contributed by atoms with Gasteiger partial charge in [0.1, 0.15) is 23.0 Å². The Morgan fingerprint density at radius 3 is 1.50 bits per heavy atom. The number of hydrogen-bond acceptors (Lipinski definition) is 7. The Hall–Kier alpha value is -7.74. The van der Waals surface area contributed by atoms with Gasteiger partial charge >= 0.3 is 11.9 Å². The number of carboxylic acids is 1. The van der Waals surface area contributed by atoms with Crippen molar-refractivity contribution in [3.8, 4) is 22.8 Å². The Balaban J connectivity index is 0.000000172. The van der Waals surface area contributed by atoms with Gasteiger partial charge in [0.2, 0.25) is 0 Å². The van der Waals surface area contributed by atoms with Gasteiger partial charge in [0.25, 0.3) is 11.8 Å². The third-order valence-electron chi connectivity index (χ3n) is 8.91. The highest BCUT2D eigenvalue weighted by atomic mass is 16.5.